The van der Waals surface area contributed by atoms with Gasteiger partial charge in [0.25, 0.3) is 0 Å². The largest absolute Gasteiger partial charge is 0.380 e. The summed E-state index contributed by atoms with van der Waals surface area (Å²) < 4.78 is 5.07. The molecule has 2 heteroatoms. The van der Waals surface area contributed by atoms with Gasteiger partial charge in [0.15, 0.2) is 0 Å². The zero-order chi connectivity index (χ0) is 7.82. The number of hydrogen-bond acceptors (Lipinski definition) is 2. The van der Waals surface area contributed by atoms with E-state index in [1.54, 1.807) is 7.11 Å². The van der Waals surface area contributed by atoms with Gasteiger partial charge in [0.2, 0.25) is 0 Å². The summed E-state index contributed by atoms with van der Waals surface area (Å²) in [5.41, 5.74) is 0. The highest BCUT2D eigenvalue weighted by Gasteiger charge is 1.95. The van der Waals surface area contributed by atoms with E-state index in [4.69, 9.17) is 4.74 Å². The van der Waals surface area contributed by atoms with Crippen molar-refractivity contribution in [2.24, 2.45) is 0 Å². The normalized spacial score (nSPS) is 13.5. The fourth-order valence-corrected chi connectivity index (χ4v) is 0.690. The molecule has 0 saturated carbocycles. The van der Waals surface area contributed by atoms with Crippen LogP contribution in [0.25, 0.3) is 0 Å². The molecule has 0 radical (unpaired) electrons. The van der Waals surface area contributed by atoms with Crippen LogP contribution in [0.15, 0.2) is 0 Å². The fourth-order valence-electron chi connectivity index (χ4n) is 0.690. The summed E-state index contributed by atoms with van der Waals surface area (Å²) in [6.07, 6.45) is 2.86. The standard InChI is InChI=1S/C8H19NO/c1-4-5-6-9-7-8(2)10-3/h8-9H,4-7H2,1-3H3/t8-/m0/s1. The van der Waals surface area contributed by atoms with Gasteiger partial charge in [-0.2, -0.15) is 0 Å². The van der Waals surface area contributed by atoms with Crippen molar-refractivity contribution in [2.75, 3.05) is 20.2 Å². The van der Waals surface area contributed by atoms with E-state index in [1.807, 2.05) is 0 Å². The lowest BCUT2D eigenvalue weighted by Crippen LogP contribution is -2.26. The monoisotopic (exact) mass is 145 g/mol. The van der Waals surface area contributed by atoms with Gasteiger partial charge < -0.3 is 10.1 Å². The molecule has 0 bridgehead atoms. The van der Waals surface area contributed by atoms with Crippen molar-refractivity contribution >= 4 is 0 Å². The van der Waals surface area contributed by atoms with Gasteiger partial charge in [0.05, 0.1) is 6.10 Å². The van der Waals surface area contributed by atoms with Gasteiger partial charge in [-0.1, -0.05) is 13.3 Å². The van der Waals surface area contributed by atoms with E-state index in [9.17, 15) is 0 Å². The Hall–Kier alpha value is -0.0800. The van der Waals surface area contributed by atoms with Crippen LogP contribution in [-0.4, -0.2) is 26.3 Å². The predicted molar refractivity (Wildman–Crippen MR) is 44.2 cm³/mol. The van der Waals surface area contributed by atoms with E-state index in [-0.39, 0.29) is 0 Å². The second kappa shape index (κ2) is 7.03. The Morgan fingerprint density at radius 2 is 2.20 bits per heavy atom. The number of ether oxygens (including phenoxy) is 1. The first kappa shape index (κ1) is 9.92. The SMILES string of the molecule is CCCCNC[C@H](C)OC. The molecule has 0 rings (SSSR count). The van der Waals surface area contributed by atoms with Gasteiger partial charge in [-0.15, -0.1) is 0 Å². The van der Waals surface area contributed by atoms with E-state index in [0.717, 1.165) is 13.1 Å². The lowest BCUT2D eigenvalue weighted by molar-refractivity contribution is 0.117. The highest BCUT2D eigenvalue weighted by atomic mass is 16.5. The van der Waals surface area contributed by atoms with Crippen molar-refractivity contribution in [3.8, 4) is 0 Å². The molecule has 1 N–H and O–H groups in total. The van der Waals surface area contributed by atoms with Crippen LogP contribution in [0.4, 0.5) is 0 Å². The molecular weight excluding hydrogens is 126 g/mol. The molecule has 0 amide bonds. The van der Waals surface area contributed by atoms with Crippen LogP contribution < -0.4 is 5.32 Å². The smallest absolute Gasteiger partial charge is 0.0667 e. The van der Waals surface area contributed by atoms with Gasteiger partial charge in [-0.05, 0) is 19.9 Å². The molecule has 0 aromatic heterocycles. The van der Waals surface area contributed by atoms with Gasteiger partial charge in [-0.25, -0.2) is 0 Å². The Kier molecular flexibility index (Phi) is 6.98. The van der Waals surface area contributed by atoms with E-state index in [0.29, 0.717) is 6.10 Å². The van der Waals surface area contributed by atoms with Crippen molar-refractivity contribution in [1.29, 1.82) is 0 Å². The van der Waals surface area contributed by atoms with Gasteiger partial charge >= 0.3 is 0 Å². The van der Waals surface area contributed by atoms with E-state index in [1.165, 1.54) is 12.8 Å². The third-order valence-corrected chi connectivity index (χ3v) is 1.54. The number of methoxy groups -OCH3 is 1. The van der Waals surface area contributed by atoms with Crippen molar-refractivity contribution in [2.45, 2.75) is 32.8 Å². The van der Waals surface area contributed by atoms with Gasteiger partial charge in [-0.3, -0.25) is 0 Å². The Morgan fingerprint density at radius 1 is 1.50 bits per heavy atom. The average Bonchev–Trinajstić information content (AvgIpc) is 1.98. The van der Waals surface area contributed by atoms with E-state index >= 15 is 0 Å². The summed E-state index contributed by atoms with van der Waals surface area (Å²) in [7, 11) is 1.74. The van der Waals surface area contributed by atoms with Crippen molar-refractivity contribution in [3.63, 3.8) is 0 Å². The minimum absolute atomic E-state index is 0.344. The van der Waals surface area contributed by atoms with E-state index < -0.39 is 0 Å². The highest BCUT2D eigenvalue weighted by molar-refractivity contribution is 4.53. The van der Waals surface area contributed by atoms with E-state index in [2.05, 4.69) is 19.2 Å². The quantitative estimate of drug-likeness (QED) is 0.571. The van der Waals surface area contributed by atoms with Crippen molar-refractivity contribution in [1.82, 2.24) is 5.32 Å². The number of nitrogens with one attached hydrogen (secondary N) is 1. The number of unbranched alkanes of at least 4 members (excludes halogenated alkanes) is 1. The first-order chi connectivity index (χ1) is 4.81. The summed E-state index contributed by atoms with van der Waals surface area (Å²) >= 11 is 0. The molecule has 1 atom stereocenters. The number of hydrogen-bond donors (Lipinski definition) is 1. The summed E-state index contributed by atoms with van der Waals surface area (Å²) in [5, 5.41) is 3.31. The van der Waals surface area contributed by atoms with Crippen LogP contribution in [0.1, 0.15) is 26.7 Å². The van der Waals surface area contributed by atoms with Crippen molar-refractivity contribution in [3.05, 3.63) is 0 Å². The van der Waals surface area contributed by atoms with Crippen LogP contribution >= 0.6 is 0 Å². The Morgan fingerprint density at radius 3 is 2.70 bits per heavy atom. The fraction of sp³-hybridized carbons (Fsp3) is 1.00. The zero-order valence-electron chi connectivity index (χ0n) is 7.31. The Bertz CT molecular complexity index is 66.3. The first-order valence-corrected chi connectivity index (χ1v) is 4.04. The molecule has 0 spiro atoms. The lowest BCUT2D eigenvalue weighted by Gasteiger charge is -2.09. The molecule has 0 aliphatic carbocycles. The molecule has 0 aromatic carbocycles. The third kappa shape index (κ3) is 6.05. The topological polar surface area (TPSA) is 21.3 Å². The molecule has 0 aliphatic heterocycles. The second-order valence-electron chi connectivity index (χ2n) is 2.60. The van der Waals surface area contributed by atoms with Crippen LogP contribution in [0.2, 0.25) is 0 Å². The first-order valence-electron chi connectivity index (χ1n) is 4.04. The molecule has 0 aromatic rings. The summed E-state index contributed by atoms with van der Waals surface area (Å²) in [5.74, 6) is 0. The third-order valence-electron chi connectivity index (χ3n) is 1.54. The van der Waals surface area contributed by atoms with Crippen molar-refractivity contribution < 1.29 is 4.74 Å². The molecule has 0 heterocycles. The average molecular weight is 145 g/mol. The highest BCUT2D eigenvalue weighted by Crippen LogP contribution is 1.85. The molecule has 0 fully saturated rings. The maximum atomic E-state index is 5.07. The summed E-state index contributed by atoms with van der Waals surface area (Å²) in [4.78, 5) is 0. The summed E-state index contributed by atoms with van der Waals surface area (Å²) in [6, 6.07) is 0. The van der Waals surface area contributed by atoms with Gasteiger partial charge in [0.1, 0.15) is 0 Å². The van der Waals surface area contributed by atoms with Gasteiger partial charge in [0, 0.05) is 13.7 Å². The molecule has 62 valence electrons. The minimum Gasteiger partial charge on any atom is -0.380 e. The zero-order valence-corrected chi connectivity index (χ0v) is 7.31. The molecule has 2 nitrogen and oxygen atoms in total. The second-order valence-corrected chi connectivity index (χ2v) is 2.60. The molecule has 10 heavy (non-hydrogen) atoms. The molecular formula is C8H19NO. The molecule has 0 aliphatic rings. The van der Waals surface area contributed by atoms with Crippen LogP contribution in [0.5, 0.6) is 0 Å². The number of rotatable bonds is 6. The lowest BCUT2D eigenvalue weighted by atomic mass is 10.3. The summed E-state index contributed by atoms with van der Waals surface area (Å²) in [6.45, 7) is 6.35. The van der Waals surface area contributed by atoms with Crippen LogP contribution in [-0.2, 0) is 4.74 Å². The minimum atomic E-state index is 0.344. The predicted octanol–water partition coefficient (Wildman–Crippen LogP) is 1.41. The Balaban J connectivity index is 2.89. The maximum absolute atomic E-state index is 5.07. The molecule has 0 saturated heterocycles. The maximum Gasteiger partial charge on any atom is 0.0667 e. The molecule has 0 unspecified atom stereocenters. The van der Waals surface area contributed by atoms with Crippen LogP contribution in [0, 0.1) is 0 Å². The van der Waals surface area contributed by atoms with Crippen LogP contribution in [0.3, 0.4) is 0 Å². The Labute approximate surface area is 64.0 Å².